The van der Waals surface area contributed by atoms with Crippen molar-refractivity contribution >= 4 is 30.7 Å². The second kappa shape index (κ2) is 7.48. The van der Waals surface area contributed by atoms with Gasteiger partial charge in [0.1, 0.15) is 0 Å². The Kier molecular flexibility index (Phi) is 8.15. The monoisotopic (exact) mass is 279 g/mol. The van der Waals surface area contributed by atoms with Crippen molar-refractivity contribution in [1.29, 1.82) is 0 Å². The third-order valence-electron chi connectivity index (χ3n) is 1.88. The van der Waals surface area contributed by atoms with Gasteiger partial charge in [-0.3, -0.25) is 9.78 Å². The van der Waals surface area contributed by atoms with E-state index in [0.29, 0.717) is 12.1 Å². The van der Waals surface area contributed by atoms with E-state index in [1.165, 1.54) is 0 Å². The molecule has 1 amide bonds. The highest BCUT2D eigenvalue weighted by molar-refractivity contribution is 5.93. The van der Waals surface area contributed by atoms with Crippen LogP contribution in [0.3, 0.4) is 0 Å². The largest absolute Gasteiger partial charge is 0.350 e. The van der Waals surface area contributed by atoms with E-state index in [-0.39, 0.29) is 30.7 Å². The fraction of sp³-hybridized carbons (Fsp3) is 0.455. The Hall–Kier alpha value is -0.840. The minimum atomic E-state index is -0.395. The fourth-order valence-corrected chi connectivity index (χ4v) is 1.01. The van der Waals surface area contributed by atoms with E-state index in [0.717, 1.165) is 5.69 Å². The molecule has 3 N–H and O–H groups in total. The Balaban J connectivity index is 0. The number of nitrogens with one attached hydrogen (secondary N) is 1. The summed E-state index contributed by atoms with van der Waals surface area (Å²) in [6, 6.07) is 3.56. The Labute approximate surface area is 114 Å². The number of rotatable bonds is 3. The molecule has 1 aromatic heterocycles. The summed E-state index contributed by atoms with van der Waals surface area (Å²) in [6.45, 7) is 6.05. The predicted octanol–water partition coefficient (Wildman–Crippen LogP) is 1.70. The van der Waals surface area contributed by atoms with Gasteiger partial charge in [-0.1, -0.05) is 0 Å². The van der Waals surface area contributed by atoms with E-state index in [9.17, 15) is 4.79 Å². The van der Waals surface area contributed by atoms with Gasteiger partial charge in [0.2, 0.25) is 0 Å². The first-order valence-electron chi connectivity index (χ1n) is 4.88. The van der Waals surface area contributed by atoms with E-state index in [4.69, 9.17) is 5.73 Å². The average Bonchev–Trinajstić information content (AvgIpc) is 2.14. The van der Waals surface area contributed by atoms with Crippen LogP contribution in [-0.4, -0.2) is 23.0 Å². The van der Waals surface area contributed by atoms with Gasteiger partial charge < -0.3 is 11.1 Å². The first-order valence-corrected chi connectivity index (χ1v) is 4.88. The molecule has 0 aliphatic heterocycles. The molecule has 6 heteroatoms. The zero-order valence-electron chi connectivity index (χ0n) is 10.2. The highest BCUT2D eigenvalue weighted by atomic mass is 35.5. The van der Waals surface area contributed by atoms with Crippen molar-refractivity contribution in [2.24, 2.45) is 5.73 Å². The first kappa shape index (κ1) is 18.5. The van der Waals surface area contributed by atoms with Gasteiger partial charge in [0.05, 0.1) is 5.56 Å². The molecular weight excluding hydrogens is 261 g/mol. The minimum Gasteiger partial charge on any atom is -0.350 e. The Morgan fingerprint density at radius 2 is 2.00 bits per heavy atom. The maximum absolute atomic E-state index is 11.6. The minimum absolute atomic E-state index is 0. The topological polar surface area (TPSA) is 68.0 Å². The lowest BCUT2D eigenvalue weighted by Crippen LogP contribution is -2.45. The van der Waals surface area contributed by atoms with Crippen molar-refractivity contribution in [3.8, 4) is 0 Å². The fourth-order valence-electron chi connectivity index (χ4n) is 1.01. The van der Waals surface area contributed by atoms with Crippen molar-refractivity contribution < 1.29 is 4.79 Å². The standard InChI is InChI=1S/C11H17N3O.2ClH/c1-8-4-5-9(6-13-8)10(15)14-7-11(2,3)12;;/h4-6H,7,12H2,1-3H3,(H,14,15);2*1H. The summed E-state index contributed by atoms with van der Waals surface area (Å²) in [6.07, 6.45) is 1.56. The molecule has 1 heterocycles. The normalized spacial score (nSPS) is 9.88. The molecule has 1 aromatic rings. The number of aromatic nitrogens is 1. The molecule has 17 heavy (non-hydrogen) atoms. The summed E-state index contributed by atoms with van der Waals surface area (Å²) >= 11 is 0. The van der Waals surface area contributed by atoms with Gasteiger partial charge >= 0.3 is 0 Å². The summed E-state index contributed by atoms with van der Waals surface area (Å²) in [4.78, 5) is 15.6. The summed E-state index contributed by atoms with van der Waals surface area (Å²) in [5.74, 6) is -0.138. The molecule has 0 aliphatic rings. The molecule has 0 saturated heterocycles. The zero-order chi connectivity index (χ0) is 11.5. The molecule has 4 nitrogen and oxygen atoms in total. The number of carbonyl (C=O) groups excluding carboxylic acids is 1. The number of carbonyl (C=O) groups is 1. The van der Waals surface area contributed by atoms with Gasteiger partial charge in [0, 0.05) is 24.0 Å². The van der Waals surface area contributed by atoms with E-state index in [1.807, 2.05) is 26.8 Å². The second-order valence-corrected chi connectivity index (χ2v) is 4.36. The van der Waals surface area contributed by atoms with Crippen molar-refractivity contribution in [3.05, 3.63) is 29.6 Å². The summed E-state index contributed by atoms with van der Waals surface area (Å²) in [5.41, 5.74) is 6.81. The van der Waals surface area contributed by atoms with Gasteiger partial charge in [0.15, 0.2) is 0 Å². The summed E-state index contributed by atoms with van der Waals surface area (Å²) < 4.78 is 0. The van der Waals surface area contributed by atoms with Crippen molar-refractivity contribution in [2.45, 2.75) is 26.3 Å². The Bertz CT molecular complexity index is 347. The van der Waals surface area contributed by atoms with Crippen molar-refractivity contribution in [1.82, 2.24) is 10.3 Å². The number of amides is 1. The maximum Gasteiger partial charge on any atom is 0.252 e. The molecule has 0 aromatic carbocycles. The van der Waals surface area contributed by atoms with Crippen LogP contribution in [0.5, 0.6) is 0 Å². The van der Waals surface area contributed by atoms with Crippen LogP contribution in [0.25, 0.3) is 0 Å². The molecule has 1 rings (SSSR count). The lowest BCUT2D eigenvalue weighted by atomic mass is 10.1. The van der Waals surface area contributed by atoms with Crippen LogP contribution in [0.4, 0.5) is 0 Å². The number of hydrogen-bond donors (Lipinski definition) is 2. The van der Waals surface area contributed by atoms with Crippen LogP contribution >= 0.6 is 24.8 Å². The van der Waals surface area contributed by atoms with E-state index >= 15 is 0 Å². The number of pyridine rings is 1. The van der Waals surface area contributed by atoms with Crippen LogP contribution in [-0.2, 0) is 0 Å². The highest BCUT2D eigenvalue weighted by Gasteiger charge is 2.13. The Morgan fingerprint density at radius 1 is 1.41 bits per heavy atom. The van der Waals surface area contributed by atoms with Crippen LogP contribution in [0, 0.1) is 6.92 Å². The molecule has 0 fully saturated rings. The third kappa shape index (κ3) is 7.15. The summed E-state index contributed by atoms with van der Waals surface area (Å²) in [7, 11) is 0. The quantitative estimate of drug-likeness (QED) is 0.885. The van der Waals surface area contributed by atoms with Gasteiger partial charge in [0.25, 0.3) is 5.91 Å². The molecular formula is C11H19Cl2N3O. The molecule has 0 aliphatic carbocycles. The maximum atomic E-state index is 11.6. The lowest BCUT2D eigenvalue weighted by molar-refractivity contribution is 0.0945. The second-order valence-electron chi connectivity index (χ2n) is 4.36. The number of nitrogens with zero attached hydrogens (tertiary/aromatic N) is 1. The predicted molar refractivity (Wildman–Crippen MR) is 74.1 cm³/mol. The van der Waals surface area contributed by atoms with Crippen LogP contribution in [0.1, 0.15) is 29.9 Å². The molecule has 0 saturated carbocycles. The molecule has 0 atom stereocenters. The first-order chi connectivity index (χ1) is 6.88. The SMILES string of the molecule is Cc1ccc(C(=O)NCC(C)(C)N)cn1.Cl.Cl. The summed E-state index contributed by atoms with van der Waals surface area (Å²) in [5, 5.41) is 2.75. The number of nitrogens with two attached hydrogens (primary N) is 1. The van der Waals surface area contributed by atoms with Crippen molar-refractivity contribution in [2.75, 3.05) is 6.54 Å². The van der Waals surface area contributed by atoms with Crippen molar-refractivity contribution in [3.63, 3.8) is 0 Å². The lowest BCUT2D eigenvalue weighted by Gasteiger charge is -2.18. The molecule has 0 bridgehead atoms. The molecule has 0 spiro atoms. The number of halogens is 2. The van der Waals surface area contributed by atoms with E-state index in [1.54, 1.807) is 12.3 Å². The van der Waals surface area contributed by atoms with Crippen LogP contribution in [0.15, 0.2) is 18.3 Å². The van der Waals surface area contributed by atoms with Gasteiger partial charge in [-0.15, -0.1) is 24.8 Å². The third-order valence-corrected chi connectivity index (χ3v) is 1.88. The highest BCUT2D eigenvalue weighted by Crippen LogP contribution is 2.00. The zero-order valence-corrected chi connectivity index (χ0v) is 11.8. The molecule has 0 radical (unpaired) electrons. The van der Waals surface area contributed by atoms with Gasteiger partial charge in [-0.25, -0.2) is 0 Å². The van der Waals surface area contributed by atoms with Gasteiger partial charge in [-0.2, -0.15) is 0 Å². The number of hydrogen-bond acceptors (Lipinski definition) is 3. The smallest absolute Gasteiger partial charge is 0.252 e. The molecule has 98 valence electrons. The van der Waals surface area contributed by atoms with Crippen LogP contribution < -0.4 is 11.1 Å². The average molecular weight is 280 g/mol. The van der Waals surface area contributed by atoms with E-state index in [2.05, 4.69) is 10.3 Å². The number of aryl methyl sites for hydroxylation is 1. The van der Waals surface area contributed by atoms with E-state index < -0.39 is 5.54 Å². The Morgan fingerprint density at radius 3 is 2.41 bits per heavy atom. The molecule has 0 unspecified atom stereocenters. The van der Waals surface area contributed by atoms with Gasteiger partial charge in [-0.05, 0) is 32.9 Å². The van der Waals surface area contributed by atoms with Crippen LogP contribution in [0.2, 0.25) is 0 Å².